The van der Waals surface area contributed by atoms with Gasteiger partial charge in [-0.25, -0.2) is 4.98 Å². The number of nitrogens with one attached hydrogen (secondary N) is 1. The van der Waals surface area contributed by atoms with Gasteiger partial charge in [-0.05, 0) is 36.4 Å². The lowest BCUT2D eigenvalue weighted by molar-refractivity contribution is -0.385. The number of nitrogens with zero attached hydrogens (tertiary/aromatic N) is 2. The molecule has 0 aliphatic rings. The van der Waals surface area contributed by atoms with Gasteiger partial charge in [-0.2, -0.15) is 0 Å². The van der Waals surface area contributed by atoms with Crippen molar-refractivity contribution in [3.05, 3.63) is 80.3 Å². The number of rotatable bonds is 5. The summed E-state index contributed by atoms with van der Waals surface area (Å²) in [5.74, 6) is -0.515. The molecule has 1 heterocycles. The van der Waals surface area contributed by atoms with Crippen LogP contribution in [0.4, 0.5) is 11.4 Å². The fraction of sp³-hybridized carbons (Fsp3) is 0.0476. The monoisotopic (exact) mass is 473 g/mol. The van der Waals surface area contributed by atoms with Gasteiger partial charge in [-0.3, -0.25) is 14.9 Å². The molecule has 3 aromatic carbocycles. The molecule has 0 radical (unpaired) electrons. The lowest BCUT2D eigenvalue weighted by Crippen LogP contribution is -2.13. The maximum Gasteiger partial charge on any atom is 0.311 e. The van der Waals surface area contributed by atoms with E-state index in [0.717, 1.165) is 16.3 Å². The first-order chi connectivity index (χ1) is 14.9. The second kappa shape index (κ2) is 8.50. The van der Waals surface area contributed by atoms with Crippen molar-refractivity contribution in [2.75, 3.05) is 12.4 Å². The third kappa shape index (κ3) is 4.18. The Hall–Kier alpha value is -3.20. The highest BCUT2D eigenvalue weighted by Gasteiger charge is 2.21. The molecule has 0 saturated heterocycles. The molecule has 0 bridgehead atoms. The highest BCUT2D eigenvalue weighted by molar-refractivity contribution is 7.21. The molecule has 7 nitrogen and oxygen atoms in total. The molecule has 1 aromatic heterocycles. The van der Waals surface area contributed by atoms with Gasteiger partial charge < -0.3 is 10.1 Å². The summed E-state index contributed by atoms with van der Waals surface area (Å²) in [5, 5.41) is 15.3. The van der Waals surface area contributed by atoms with Crippen molar-refractivity contribution in [1.82, 2.24) is 4.98 Å². The van der Waals surface area contributed by atoms with Crippen molar-refractivity contribution in [2.45, 2.75) is 0 Å². The third-order valence-corrected chi connectivity index (χ3v) is 6.04. The number of thiazole rings is 1. The number of methoxy groups -OCH3 is 1. The van der Waals surface area contributed by atoms with E-state index in [2.05, 4.69) is 10.3 Å². The molecule has 4 rings (SSSR count). The summed E-state index contributed by atoms with van der Waals surface area (Å²) in [6, 6.07) is 14.7. The van der Waals surface area contributed by atoms with Gasteiger partial charge in [0.25, 0.3) is 5.91 Å². The van der Waals surface area contributed by atoms with Crippen LogP contribution in [0.5, 0.6) is 5.75 Å². The first-order valence-corrected chi connectivity index (χ1v) is 10.4. The van der Waals surface area contributed by atoms with Crippen LogP contribution in [0.1, 0.15) is 10.4 Å². The van der Waals surface area contributed by atoms with Crippen LogP contribution in [-0.4, -0.2) is 22.9 Å². The maximum absolute atomic E-state index is 12.9. The number of anilines is 1. The Morgan fingerprint density at radius 2 is 1.94 bits per heavy atom. The number of hydrogen-bond donors (Lipinski definition) is 1. The highest BCUT2D eigenvalue weighted by Crippen LogP contribution is 2.40. The van der Waals surface area contributed by atoms with Crippen LogP contribution < -0.4 is 10.1 Å². The summed E-state index contributed by atoms with van der Waals surface area (Å²) < 4.78 is 5.95. The Kier molecular flexibility index (Phi) is 5.77. The van der Waals surface area contributed by atoms with Crippen molar-refractivity contribution in [2.24, 2.45) is 0 Å². The fourth-order valence-electron chi connectivity index (χ4n) is 3.02. The number of amides is 1. The van der Waals surface area contributed by atoms with Crippen LogP contribution in [0.3, 0.4) is 0 Å². The SMILES string of the molecule is COc1ccc(C(=O)Nc2c(Cl)cc(Cl)cc2-c2nc3ccccc3s2)cc1[N+](=O)[O-]. The first kappa shape index (κ1) is 21.0. The van der Waals surface area contributed by atoms with Crippen LogP contribution in [-0.2, 0) is 0 Å². The largest absolute Gasteiger partial charge is 0.490 e. The Morgan fingerprint density at radius 1 is 1.16 bits per heavy atom. The molecule has 0 saturated carbocycles. The van der Waals surface area contributed by atoms with Crippen LogP contribution >= 0.6 is 34.5 Å². The van der Waals surface area contributed by atoms with Crippen molar-refractivity contribution < 1.29 is 14.5 Å². The molecule has 1 N–H and O–H groups in total. The van der Waals surface area contributed by atoms with Gasteiger partial charge in [0.15, 0.2) is 5.75 Å². The molecule has 31 heavy (non-hydrogen) atoms. The zero-order valence-corrected chi connectivity index (χ0v) is 18.2. The fourth-order valence-corrected chi connectivity index (χ4v) is 4.55. The van der Waals surface area contributed by atoms with Gasteiger partial charge in [0.1, 0.15) is 5.01 Å². The molecular weight excluding hydrogens is 461 g/mol. The van der Waals surface area contributed by atoms with Crippen molar-refractivity contribution in [1.29, 1.82) is 0 Å². The molecule has 4 aromatic rings. The number of halogens is 2. The molecule has 0 spiro atoms. The smallest absolute Gasteiger partial charge is 0.311 e. The second-order valence-electron chi connectivity index (χ2n) is 6.39. The lowest BCUT2D eigenvalue weighted by atomic mass is 10.1. The number of fused-ring (bicyclic) bond motifs is 1. The molecule has 0 unspecified atom stereocenters. The molecule has 10 heteroatoms. The molecule has 0 atom stereocenters. The number of ether oxygens (including phenoxy) is 1. The number of benzene rings is 3. The van der Waals surface area contributed by atoms with Gasteiger partial charge in [-0.15, -0.1) is 11.3 Å². The molecule has 156 valence electrons. The minimum Gasteiger partial charge on any atom is -0.490 e. The number of aromatic nitrogens is 1. The van der Waals surface area contributed by atoms with Gasteiger partial charge in [0, 0.05) is 22.2 Å². The summed E-state index contributed by atoms with van der Waals surface area (Å²) >= 11 is 14.0. The highest BCUT2D eigenvalue weighted by atomic mass is 35.5. The average molecular weight is 474 g/mol. The van der Waals surface area contributed by atoms with Gasteiger partial charge in [0.2, 0.25) is 0 Å². The Balaban J connectivity index is 1.76. The number of carbonyl (C=O) groups is 1. The van der Waals surface area contributed by atoms with Crippen molar-refractivity contribution >= 4 is 62.0 Å². The molecule has 0 fully saturated rings. The predicted octanol–water partition coefficient (Wildman–Crippen LogP) is 6.44. The summed E-state index contributed by atoms with van der Waals surface area (Å²) in [6.45, 7) is 0. The lowest BCUT2D eigenvalue weighted by Gasteiger charge is -2.13. The number of para-hydroxylation sites is 1. The number of nitro groups is 1. The van der Waals surface area contributed by atoms with Crippen LogP contribution in [0.25, 0.3) is 20.8 Å². The third-order valence-electron chi connectivity index (χ3n) is 4.46. The molecule has 0 aliphatic carbocycles. The maximum atomic E-state index is 12.9. The van der Waals surface area contributed by atoms with E-state index < -0.39 is 10.8 Å². The average Bonchev–Trinajstić information content (AvgIpc) is 3.18. The summed E-state index contributed by atoms with van der Waals surface area (Å²) in [7, 11) is 1.32. The second-order valence-corrected chi connectivity index (χ2v) is 8.27. The van der Waals surface area contributed by atoms with E-state index in [-0.39, 0.29) is 22.0 Å². The number of hydrogen-bond acceptors (Lipinski definition) is 6. The van der Waals surface area contributed by atoms with E-state index in [1.165, 1.54) is 36.6 Å². The zero-order chi connectivity index (χ0) is 22.1. The van der Waals surface area contributed by atoms with Crippen molar-refractivity contribution in [3.8, 4) is 16.3 Å². The minimum absolute atomic E-state index is 0.0567. The summed E-state index contributed by atoms with van der Waals surface area (Å²) in [5.41, 5.74) is 1.43. The molecule has 1 amide bonds. The van der Waals surface area contributed by atoms with E-state index in [9.17, 15) is 14.9 Å². The van der Waals surface area contributed by atoms with Gasteiger partial charge in [0.05, 0.1) is 33.0 Å². The topological polar surface area (TPSA) is 94.4 Å². The van der Waals surface area contributed by atoms with Gasteiger partial charge in [-0.1, -0.05) is 35.3 Å². The quantitative estimate of drug-likeness (QED) is 0.265. The standard InChI is InChI=1S/C21H13Cl2N3O4S/c1-30-17-7-6-11(8-16(17)26(28)29)20(27)25-19-13(9-12(22)10-14(19)23)21-24-15-4-2-3-5-18(15)31-21/h2-10H,1H3,(H,25,27). The Bertz CT molecular complexity index is 1310. The van der Waals surface area contributed by atoms with E-state index in [0.29, 0.717) is 21.3 Å². The van der Waals surface area contributed by atoms with Crippen LogP contribution in [0, 0.1) is 10.1 Å². The van der Waals surface area contributed by atoms with E-state index in [1.807, 2.05) is 24.3 Å². The molecule has 0 aliphatic heterocycles. The zero-order valence-electron chi connectivity index (χ0n) is 15.9. The Labute approximate surface area is 190 Å². The van der Waals surface area contributed by atoms with E-state index in [1.54, 1.807) is 6.07 Å². The van der Waals surface area contributed by atoms with Crippen LogP contribution in [0.15, 0.2) is 54.6 Å². The van der Waals surface area contributed by atoms with Crippen LogP contribution in [0.2, 0.25) is 10.0 Å². The number of carbonyl (C=O) groups excluding carboxylic acids is 1. The Morgan fingerprint density at radius 3 is 2.65 bits per heavy atom. The predicted molar refractivity (Wildman–Crippen MR) is 123 cm³/mol. The van der Waals surface area contributed by atoms with Gasteiger partial charge >= 0.3 is 5.69 Å². The first-order valence-electron chi connectivity index (χ1n) is 8.86. The van der Waals surface area contributed by atoms with E-state index in [4.69, 9.17) is 27.9 Å². The number of nitro benzene ring substituents is 1. The minimum atomic E-state index is -0.614. The van der Waals surface area contributed by atoms with Crippen molar-refractivity contribution in [3.63, 3.8) is 0 Å². The summed E-state index contributed by atoms with van der Waals surface area (Å²) in [6.07, 6.45) is 0. The molecular formula is C21H13Cl2N3O4S. The normalized spacial score (nSPS) is 10.8. The van der Waals surface area contributed by atoms with E-state index >= 15 is 0 Å². The summed E-state index contributed by atoms with van der Waals surface area (Å²) in [4.78, 5) is 28.2.